The summed E-state index contributed by atoms with van der Waals surface area (Å²) in [5.74, 6) is 0. The van der Waals surface area contributed by atoms with E-state index < -0.39 is 0 Å². The Morgan fingerprint density at radius 2 is 2.40 bits per heavy atom. The van der Waals surface area contributed by atoms with E-state index in [-0.39, 0.29) is 5.41 Å². The summed E-state index contributed by atoms with van der Waals surface area (Å²) in [5, 5.41) is 3.47. The Labute approximate surface area is 94.1 Å². The zero-order chi connectivity index (χ0) is 11.1. The quantitative estimate of drug-likeness (QED) is 0.516. The summed E-state index contributed by atoms with van der Waals surface area (Å²) >= 11 is 0. The predicted molar refractivity (Wildman–Crippen MR) is 65.1 cm³/mol. The Kier molecular flexibility index (Phi) is 5.34. The number of rotatable bonds is 7. The van der Waals surface area contributed by atoms with Gasteiger partial charge in [-0.05, 0) is 32.2 Å². The normalized spacial score (nSPS) is 25.1. The van der Waals surface area contributed by atoms with Crippen molar-refractivity contribution in [2.75, 3.05) is 19.7 Å². The highest BCUT2D eigenvalue weighted by Gasteiger charge is 2.27. The van der Waals surface area contributed by atoms with Crippen molar-refractivity contribution in [2.45, 2.75) is 45.6 Å². The summed E-state index contributed by atoms with van der Waals surface area (Å²) in [6.07, 6.45) is 7.27. The molecule has 2 nitrogen and oxygen atoms in total. The van der Waals surface area contributed by atoms with E-state index in [9.17, 15) is 0 Å². The van der Waals surface area contributed by atoms with Crippen molar-refractivity contribution < 1.29 is 4.74 Å². The lowest BCUT2D eigenvalue weighted by atomic mass is 9.83. The summed E-state index contributed by atoms with van der Waals surface area (Å²) in [7, 11) is 0. The van der Waals surface area contributed by atoms with E-state index in [2.05, 4.69) is 31.8 Å². The van der Waals surface area contributed by atoms with Crippen LogP contribution in [0.1, 0.15) is 39.5 Å². The van der Waals surface area contributed by atoms with Crippen LogP contribution in [0.25, 0.3) is 0 Å². The van der Waals surface area contributed by atoms with Crippen molar-refractivity contribution in [1.29, 1.82) is 0 Å². The molecular weight excluding hydrogens is 186 g/mol. The van der Waals surface area contributed by atoms with Gasteiger partial charge in [-0.3, -0.25) is 0 Å². The minimum Gasteiger partial charge on any atom is -0.378 e. The molecule has 0 aromatic rings. The van der Waals surface area contributed by atoms with E-state index >= 15 is 0 Å². The van der Waals surface area contributed by atoms with Crippen LogP contribution in [-0.4, -0.2) is 25.8 Å². The zero-order valence-corrected chi connectivity index (χ0v) is 10.2. The van der Waals surface area contributed by atoms with E-state index in [1.807, 2.05) is 0 Å². The molecule has 1 fully saturated rings. The molecular formula is C13H25NO. The average Bonchev–Trinajstić information content (AvgIpc) is 2.71. The molecule has 1 aliphatic heterocycles. The monoisotopic (exact) mass is 211 g/mol. The van der Waals surface area contributed by atoms with Gasteiger partial charge in [0.2, 0.25) is 0 Å². The fourth-order valence-electron chi connectivity index (χ4n) is 2.10. The maximum Gasteiger partial charge on any atom is 0.0584 e. The summed E-state index contributed by atoms with van der Waals surface area (Å²) in [6, 6.07) is 0. The predicted octanol–water partition coefficient (Wildman–Crippen LogP) is 2.75. The Hall–Kier alpha value is -0.340. The van der Waals surface area contributed by atoms with Gasteiger partial charge in [-0.1, -0.05) is 19.9 Å². The second kappa shape index (κ2) is 6.29. The third kappa shape index (κ3) is 4.35. The Balaban J connectivity index is 2.33. The first kappa shape index (κ1) is 12.7. The number of hydrogen-bond donors (Lipinski definition) is 1. The molecule has 2 atom stereocenters. The molecule has 0 aliphatic carbocycles. The van der Waals surface area contributed by atoms with E-state index in [1.165, 1.54) is 19.3 Å². The van der Waals surface area contributed by atoms with Gasteiger partial charge in [-0.15, -0.1) is 6.58 Å². The van der Waals surface area contributed by atoms with Crippen molar-refractivity contribution in [2.24, 2.45) is 5.41 Å². The molecule has 15 heavy (non-hydrogen) atoms. The average molecular weight is 211 g/mol. The van der Waals surface area contributed by atoms with E-state index in [1.54, 1.807) is 0 Å². The van der Waals surface area contributed by atoms with Gasteiger partial charge in [-0.25, -0.2) is 0 Å². The molecule has 1 aliphatic rings. The molecule has 0 bridgehead atoms. The topological polar surface area (TPSA) is 21.3 Å². The Bertz CT molecular complexity index is 187. The smallest absolute Gasteiger partial charge is 0.0584 e. The van der Waals surface area contributed by atoms with E-state index in [4.69, 9.17) is 4.74 Å². The Morgan fingerprint density at radius 1 is 1.60 bits per heavy atom. The summed E-state index contributed by atoms with van der Waals surface area (Å²) in [6.45, 7) is 11.5. The van der Waals surface area contributed by atoms with Crippen molar-refractivity contribution in [3.05, 3.63) is 12.7 Å². The van der Waals surface area contributed by atoms with Crippen LogP contribution in [0.15, 0.2) is 12.7 Å². The SMILES string of the molecule is C=CC(C)(CNCCC)CC1CCCO1. The molecule has 2 heteroatoms. The highest BCUT2D eigenvalue weighted by Crippen LogP contribution is 2.29. The number of nitrogens with one attached hydrogen (secondary N) is 1. The van der Waals surface area contributed by atoms with Crippen molar-refractivity contribution >= 4 is 0 Å². The maximum absolute atomic E-state index is 5.68. The molecule has 0 aromatic heterocycles. The molecule has 88 valence electrons. The van der Waals surface area contributed by atoms with Crippen LogP contribution in [0.5, 0.6) is 0 Å². The van der Waals surface area contributed by atoms with Gasteiger partial charge < -0.3 is 10.1 Å². The van der Waals surface area contributed by atoms with Gasteiger partial charge in [0.1, 0.15) is 0 Å². The van der Waals surface area contributed by atoms with Crippen LogP contribution in [0.3, 0.4) is 0 Å². The van der Waals surface area contributed by atoms with E-state index in [0.717, 1.165) is 26.1 Å². The van der Waals surface area contributed by atoms with Crippen LogP contribution < -0.4 is 5.32 Å². The zero-order valence-electron chi connectivity index (χ0n) is 10.2. The van der Waals surface area contributed by atoms with Crippen LogP contribution in [-0.2, 0) is 4.74 Å². The molecule has 1 heterocycles. The largest absolute Gasteiger partial charge is 0.378 e. The maximum atomic E-state index is 5.68. The molecule has 1 rings (SSSR count). The Morgan fingerprint density at radius 3 is 2.93 bits per heavy atom. The summed E-state index contributed by atoms with van der Waals surface area (Å²) in [5.41, 5.74) is 0.185. The molecule has 0 radical (unpaired) electrons. The highest BCUT2D eigenvalue weighted by atomic mass is 16.5. The molecule has 1 N–H and O–H groups in total. The lowest BCUT2D eigenvalue weighted by Gasteiger charge is -2.28. The molecule has 1 saturated heterocycles. The third-order valence-corrected chi connectivity index (χ3v) is 3.17. The number of ether oxygens (including phenoxy) is 1. The van der Waals surface area contributed by atoms with Gasteiger partial charge in [0.15, 0.2) is 0 Å². The second-order valence-corrected chi connectivity index (χ2v) is 4.87. The first-order valence-corrected chi connectivity index (χ1v) is 6.16. The summed E-state index contributed by atoms with van der Waals surface area (Å²) in [4.78, 5) is 0. The first-order valence-electron chi connectivity index (χ1n) is 6.16. The van der Waals surface area contributed by atoms with Crippen molar-refractivity contribution in [3.8, 4) is 0 Å². The van der Waals surface area contributed by atoms with Gasteiger partial charge in [0.05, 0.1) is 6.10 Å². The van der Waals surface area contributed by atoms with Crippen LogP contribution >= 0.6 is 0 Å². The molecule has 0 aromatic carbocycles. The van der Waals surface area contributed by atoms with Crippen molar-refractivity contribution in [3.63, 3.8) is 0 Å². The van der Waals surface area contributed by atoms with Crippen LogP contribution in [0.4, 0.5) is 0 Å². The van der Waals surface area contributed by atoms with Gasteiger partial charge in [0.25, 0.3) is 0 Å². The molecule has 0 spiro atoms. The number of hydrogen-bond acceptors (Lipinski definition) is 2. The fourth-order valence-corrected chi connectivity index (χ4v) is 2.10. The minimum absolute atomic E-state index is 0.185. The molecule has 0 amide bonds. The second-order valence-electron chi connectivity index (χ2n) is 4.87. The van der Waals surface area contributed by atoms with E-state index in [0.29, 0.717) is 6.10 Å². The summed E-state index contributed by atoms with van der Waals surface area (Å²) < 4.78 is 5.68. The van der Waals surface area contributed by atoms with Crippen molar-refractivity contribution in [1.82, 2.24) is 5.32 Å². The van der Waals surface area contributed by atoms with Gasteiger partial charge in [0, 0.05) is 18.6 Å². The molecule has 2 unspecified atom stereocenters. The molecule has 0 saturated carbocycles. The lowest BCUT2D eigenvalue weighted by molar-refractivity contribution is 0.0785. The lowest BCUT2D eigenvalue weighted by Crippen LogP contribution is -2.33. The third-order valence-electron chi connectivity index (χ3n) is 3.17. The van der Waals surface area contributed by atoms with Gasteiger partial charge >= 0.3 is 0 Å². The highest BCUT2D eigenvalue weighted by molar-refractivity contribution is 4.95. The fraction of sp³-hybridized carbons (Fsp3) is 0.846. The van der Waals surface area contributed by atoms with Crippen LogP contribution in [0.2, 0.25) is 0 Å². The standard InChI is InChI=1S/C13H25NO/c1-4-8-14-11-13(3,5-2)10-12-7-6-9-15-12/h5,12,14H,2,4,6-11H2,1,3H3. The van der Waals surface area contributed by atoms with Crippen LogP contribution in [0, 0.1) is 5.41 Å². The first-order chi connectivity index (χ1) is 7.20. The van der Waals surface area contributed by atoms with Gasteiger partial charge in [-0.2, -0.15) is 0 Å². The minimum atomic E-state index is 0.185.